The molecule has 2 rings (SSSR count). The van der Waals surface area contributed by atoms with Gasteiger partial charge in [0.15, 0.2) is 0 Å². The van der Waals surface area contributed by atoms with Gasteiger partial charge in [-0.15, -0.1) is 11.3 Å². The third-order valence-electron chi connectivity index (χ3n) is 2.71. The van der Waals surface area contributed by atoms with E-state index in [-0.39, 0.29) is 5.91 Å². The fourth-order valence-corrected chi connectivity index (χ4v) is 2.43. The molecule has 0 unspecified atom stereocenters. The Bertz CT molecular complexity index is 579. The van der Waals surface area contributed by atoms with E-state index in [4.69, 9.17) is 5.73 Å². The van der Waals surface area contributed by atoms with Gasteiger partial charge in [-0.25, -0.2) is 4.98 Å². The Morgan fingerprint density at radius 1 is 1.40 bits per heavy atom. The highest BCUT2D eigenvalue weighted by atomic mass is 32.1. The van der Waals surface area contributed by atoms with Crippen LogP contribution >= 0.6 is 11.3 Å². The van der Waals surface area contributed by atoms with Crippen molar-refractivity contribution in [3.63, 3.8) is 0 Å². The van der Waals surface area contributed by atoms with Gasteiger partial charge in [-0.2, -0.15) is 0 Å². The zero-order valence-electron chi connectivity index (χ0n) is 11.6. The molecule has 20 heavy (non-hydrogen) atoms. The van der Waals surface area contributed by atoms with Crippen LogP contribution in [-0.2, 0) is 11.3 Å². The van der Waals surface area contributed by atoms with Gasteiger partial charge in [-0.05, 0) is 38.2 Å². The number of nitrogens with two attached hydrogens (primary N) is 1. The van der Waals surface area contributed by atoms with E-state index in [1.807, 2.05) is 24.3 Å². The Morgan fingerprint density at radius 3 is 2.70 bits per heavy atom. The number of hydrogen-bond donors (Lipinski definition) is 2. The first-order chi connectivity index (χ1) is 9.52. The summed E-state index contributed by atoms with van der Waals surface area (Å²) in [6.45, 7) is 2.96. The van der Waals surface area contributed by atoms with Crippen LogP contribution in [0.3, 0.4) is 0 Å². The number of likely N-dealkylation sites (N-methyl/N-ethyl adjacent to an activating group) is 1. The lowest BCUT2D eigenvalue weighted by Crippen LogP contribution is -2.29. The van der Waals surface area contributed by atoms with Crippen LogP contribution in [0.1, 0.15) is 10.7 Å². The smallest absolute Gasteiger partial charge is 0.238 e. The average molecular weight is 290 g/mol. The van der Waals surface area contributed by atoms with Crippen molar-refractivity contribution in [2.24, 2.45) is 0 Å². The van der Waals surface area contributed by atoms with Crippen molar-refractivity contribution in [2.45, 2.75) is 13.5 Å². The summed E-state index contributed by atoms with van der Waals surface area (Å²) in [6, 6.07) is 7.10. The molecule has 3 N–H and O–H groups in total. The fourth-order valence-electron chi connectivity index (χ4n) is 1.83. The number of aryl methyl sites for hydroxylation is 1. The summed E-state index contributed by atoms with van der Waals surface area (Å²) in [5.74, 6) is -0.0516. The summed E-state index contributed by atoms with van der Waals surface area (Å²) in [5, 5.41) is 5.90. The van der Waals surface area contributed by atoms with E-state index >= 15 is 0 Å². The second-order valence-electron chi connectivity index (χ2n) is 4.70. The second-order valence-corrected chi connectivity index (χ2v) is 5.76. The van der Waals surface area contributed by atoms with E-state index in [1.165, 1.54) is 0 Å². The van der Waals surface area contributed by atoms with Crippen molar-refractivity contribution < 1.29 is 4.79 Å². The highest BCUT2D eigenvalue weighted by Crippen LogP contribution is 2.11. The van der Waals surface area contributed by atoms with Gasteiger partial charge in [0.1, 0.15) is 0 Å². The molecular formula is C14H18N4OS. The molecule has 1 heterocycles. The van der Waals surface area contributed by atoms with Gasteiger partial charge in [0, 0.05) is 23.3 Å². The number of hydrogen-bond acceptors (Lipinski definition) is 5. The molecule has 0 radical (unpaired) electrons. The molecule has 0 saturated heterocycles. The summed E-state index contributed by atoms with van der Waals surface area (Å²) >= 11 is 1.62. The Morgan fingerprint density at radius 2 is 2.10 bits per heavy atom. The minimum absolute atomic E-state index is 0.0516. The maximum absolute atomic E-state index is 11.9. The maximum Gasteiger partial charge on any atom is 0.238 e. The number of amides is 1. The number of aromatic nitrogens is 1. The largest absolute Gasteiger partial charge is 0.399 e. The molecule has 5 nitrogen and oxygen atoms in total. The van der Waals surface area contributed by atoms with Crippen LogP contribution in [-0.4, -0.2) is 29.4 Å². The first kappa shape index (κ1) is 14.5. The topological polar surface area (TPSA) is 71.2 Å². The van der Waals surface area contributed by atoms with Gasteiger partial charge >= 0.3 is 0 Å². The van der Waals surface area contributed by atoms with Crippen molar-refractivity contribution in [3.8, 4) is 0 Å². The van der Waals surface area contributed by atoms with Gasteiger partial charge in [0.05, 0.1) is 17.2 Å². The summed E-state index contributed by atoms with van der Waals surface area (Å²) in [7, 11) is 1.90. The molecule has 2 aromatic rings. The molecule has 106 valence electrons. The molecule has 0 bridgehead atoms. The normalized spacial score (nSPS) is 10.8. The maximum atomic E-state index is 11.9. The van der Waals surface area contributed by atoms with Crippen molar-refractivity contribution >= 4 is 28.6 Å². The number of nitrogens with zero attached hydrogens (tertiary/aromatic N) is 2. The van der Waals surface area contributed by atoms with Gasteiger partial charge in [-0.3, -0.25) is 9.69 Å². The van der Waals surface area contributed by atoms with E-state index in [0.29, 0.717) is 18.8 Å². The van der Waals surface area contributed by atoms with Crippen LogP contribution in [0, 0.1) is 6.92 Å². The van der Waals surface area contributed by atoms with Crippen LogP contribution in [0.4, 0.5) is 11.4 Å². The Balaban J connectivity index is 1.83. The molecule has 0 aliphatic heterocycles. The first-order valence-electron chi connectivity index (χ1n) is 6.28. The van der Waals surface area contributed by atoms with E-state index in [9.17, 15) is 4.79 Å². The standard InChI is InChI=1S/C14H18N4OS/c1-10-16-13(9-20-10)7-18(2)8-14(19)17-12-5-3-11(15)4-6-12/h3-6,9H,7-8,15H2,1-2H3,(H,17,19). The third kappa shape index (κ3) is 4.32. The monoisotopic (exact) mass is 290 g/mol. The average Bonchev–Trinajstić information content (AvgIpc) is 2.77. The zero-order chi connectivity index (χ0) is 14.5. The van der Waals surface area contributed by atoms with E-state index < -0.39 is 0 Å². The van der Waals surface area contributed by atoms with Crippen LogP contribution in [0.25, 0.3) is 0 Å². The van der Waals surface area contributed by atoms with Crippen molar-refractivity contribution in [2.75, 3.05) is 24.6 Å². The quantitative estimate of drug-likeness (QED) is 0.827. The second kappa shape index (κ2) is 6.49. The number of nitrogen functional groups attached to an aromatic ring is 1. The predicted molar refractivity (Wildman–Crippen MR) is 82.7 cm³/mol. The van der Waals surface area contributed by atoms with Crippen LogP contribution in [0.15, 0.2) is 29.6 Å². The molecule has 0 aliphatic rings. The lowest BCUT2D eigenvalue weighted by atomic mass is 10.3. The zero-order valence-corrected chi connectivity index (χ0v) is 12.4. The Kier molecular flexibility index (Phi) is 4.70. The highest BCUT2D eigenvalue weighted by molar-refractivity contribution is 7.09. The summed E-state index contributed by atoms with van der Waals surface area (Å²) in [6.07, 6.45) is 0. The molecule has 0 fully saturated rings. The number of carbonyl (C=O) groups is 1. The lowest BCUT2D eigenvalue weighted by Gasteiger charge is -2.15. The fraction of sp³-hybridized carbons (Fsp3) is 0.286. The van der Waals surface area contributed by atoms with Crippen LogP contribution in [0.2, 0.25) is 0 Å². The number of thiazole rings is 1. The highest BCUT2D eigenvalue weighted by Gasteiger charge is 2.09. The van der Waals surface area contributed by atoms with E-state index in [0.717, 1.165) is 16.4 Å². The molecule has 0 spiro atoms. The molecule has 6 heteroatoms. The van der Waals surface area contributed by atoms with Crippen molar-refractivity contribution in [3.05, 3.63) is 40.3 Å². The molecule has 0 saturated carbocycles. The molecule has 1 aromatic heterocycles. The van der Waals surface area contributed by atoms with Gasteiger partial charge in [0.2, 0.25) is 5.91 Å². The van der Waals surface area contributed by atoms with Crippen LogP contribution in [0.5, 0.6) is 0 Å². The van der Waals surface area contributed by atoms with Gasteiger partial charge in [-0.1, -0.05) is 0 Å². The number of nitrogens with one attached hydrogen (secondary N) is 1. The summed E-state index contributed by atoms with van der Waals surface area (Å²) in [4.78, 5) is 18.2. The SMILES string of the molecule is Cc1nc(CN(C)CC(=O)Nc2ccc(N)cc2)cs1. The molecular weight excluding hydrogens is 272 g/mol. The van der Waals surface area contributed by atoms with Crippen molar-refractivity contribution in [1.29, 1.82) is 0 Å². The number of anilines is 2. The van der Waals surface area contributed by atoms with E-state index in [1.54, 1.807) is 35.6 Å². The minimum Gasteiger partial charge on any atom is -0.399 e. The first-order valence-corrected chi connectivity index (χ1v) is 7.16. The third-order valence-corrected chi connectivity index (χ3v) is 3.53. The number of carbonyl (C=O) groups excluding carboxylic acids is 1. The summed E-state index contributed by atoms with van der Waals surface area (Å²) in [5.41, 5.74) is 8.03. The van der Waals surface area contributed by atoms with E-state index in [2.05, 4.69) is 10.3 Å². The number of benzene rings is 1. The predicted octanol–water partition coefficient (Wildman–Crippen LogP) is 2.10. The van der Waals surface area contributed by atoms with Gasteiger partial charge in [0.25, 0.3) is 0 Å². The van der Waals surface area contributed by atoms with Gasteiger partial charge < -0.3 is 11.1 Å². The Labute approximate surface area is 122 Å². The Hall–Kier alpha value is -1.92. The lowest BCUT2D eigenvalue weighted by molar-refractivity contribution is -0.117. The number of rotatable bonds is 5. The molecule has 1 aromatic carbocycles. The van der Waals surface area contributed by atoms with Crippen molar-refractivity contribution in [1.82, 2.24) is 9.88 Å². The minimum atomic E-state index is -0.0516. The summed E-state index contributed by atoms with van der Waals surface area (Å²) < 4.78 is 0. The molecule has 0 aliphatic carbocycles. The molecule has 1 amide bonds. The van der Waals surface area contributed by atoms with Crippen LogP contribution < -0.4 is 11.1 Å². The molecule has 0 atom stereocenters.